The first-order valence-corrected chi connectivity index (χ1v) is 10.3. The highest BCUT2D eigenvalue weighted by Crippen LogP contribution is 2.15. The minimum absolute atomic E-state index is 0.0955. The first-order chi connectivity index (χ1) is 13.1. The smallest absolute Gasteiger partial charge is 0.338 e. The molecule has 0 aliphatic heterocycles. The molecule has 2 aromatic carbocycles. The minimum Gasteiger partial charge on any atom is -0.449 e. The number of nitrogens with one attached hydrogen (secondary N) is 2. The van der Waals surface area contributed by atoms with E-state index in [0.717, 1.165) is 5.56 Å². The highest BCUT2D eigenvalue weighted by Gasteiger charge is 2.20. The van der Waals surface area contributed by atoms with E-state index in [1.165, 1.54) is 31.2 Å². The molecule has 0 aliphatic rings. The van der Waals surface area contributed by atoms with E-state index in [9.17, 15) is 18.0 Å². The van der Waals surface area contributed by atoms with E-state index in [2.05, 4.69) is 10.0 Å². The van der Waals surface area contributed by atoms with Gasteiger partial charge in [-0.25, -0.2) is 17.9 Å². The maximum absolute atomic E-state index is 12.3. The Morgan fingerprint density at radius 1 is 1.00 bits per heavy atom. The van der Waals surface area contributed by atoms with E-state index in [4.69, 9.17) is 4.74 Å². The van der Waals surface area contributed by atoms with Crippen molar-refractivity contribution in [3.8, 4) is 0 Å². The fourth-order valence-corrected chi connectivity index (χ4v) is 3.64. The monoisotopic (exact) mass is 404 g/mol. The van der Waals surface area contributed by atoms with Crippen LogP contribution in [-0.2, 0) is 19.6 Å². The van der Waals surface area contributed by atoms with Crippen LogP contribution in [0.25, 0.3) is 0 Å². The Labute approximate surface area is 165 Å². The molecule has 0 bridgehead atoms. The molecule has 28 heavy (non-hydrogen) atoms. The largest absolute Gasteiger partial charge is 0.449 e. The SMILES string of the molecule is Cc1cccc(C(=O)O[C@@H](C)C(=O)Nc2ccc(S(=O)(=O)NC(C)C)cc2)c1. The van der Waals surface area contributed by atoms with Gasteiger partial charge >= 0.3 is 5.97 Å². The highest BCUT2D eigenvalue weighted by molar-refractivity contribution is 7.89. The number of benzene rings is 2. The second kappa shape index (κ2) is 8.99. The van der Waals surface area contributed by atoms with Crippen molar-refractivity contribution in [3.05, 3.63) is 59.7 Å². The van der Waals surface area contributed by atoms with Crippen molar-refractivity contribution in [1.82, 2.24) is 4.72 Å². The summed E-state index contributed by atoms with van der Waals surface area (Å²) < 4.78 is 31.9. The van der Waals surface area contributed by atoms with Crippen molar-refractivity contribution in [2.75, 3.05) is 5.32 Å². The summed E-state index contributed by atoms with van der Waals surface area (Å²) in [6.45, 7) is 6.78. The standard InChI is InChI=1S/C20H24N2O5S/c1-13(2)22-28(25,26)18-10-8-17(9-11-18)21-19(23)15(4)27-20(24)16-7-5-6-14(3)12-16/h5-13,15,22H,1-4H3,(H,21,23)/t15-/m0/s1. The third-order valence-electron chi connectivity index (χ3n) is 3.73. The highest BCUT2D eigenvalue weighted by atomic mass is 32.2. The van der Waals surface area contributed by atoms with Crippen LogP contribution in [0.5, 0.6) is 0 Å². The van der Waals surface area contributed by atoms with Gasteiger partial charge in [-0.2, -0.15) is 0 Å². The Kier molecular flexibility index (Phi) is 6.93. The molecule has 1 atom stereocenters. The molecule has 0 aliphatic carbocycles. The Hall–Kier alpha value is -2.71. The van der Waals surface area contributed by atoms with Crippen LogP contribution in [-0.4, -0.2) is 32.4 Å². The van der Waals surface area contributed by atoms with Gasteiger partial charge in [0, 0.05) is 11.7 Å². The van der Waals surface area contributed by atoms with Gasteiger partial charge in [0.15, 0.2) is 6.10 Å². The number of amides is 1. The fraction of sp³-hybridized carbons (Fsp3) is 0.300. The molecular formula is C20H24N2O5S. The molecule has 0 heterocycles. The molecule has 0 fully saturated rings. The first-order valence-electron chi connectivity index (χ1n) is 8.79. The van der Waals surface area contributed by atoms with Crippen LogP contribution < -0.4 is 10.0 Å². The first kappa shape index (κ1) is 21.6. The van der Waals surface area contributed by atoms with Gasteiger partial charge in [0.1, 0.15) is 0 Å². The third-order valence-corrected chi connectivity index (χ3v) is 5.40. The lowest BCUT2D eigenvalue weighted by atomic mass is 10.1. The van der Waals surface area contributed by atoms with E-state index in [-0.39, 0.29) is 10.9 Å². The van der Waals surface area contributed by atoms with Crippen molar-refractivity contribution in [1.29, 1.82) is 0 Å². The summed E-state index contributed by atoms with van der Waals surface area (Å²) in [6.07, 6.45) is -1.01. The maximum atomic E-state index is 12.3. The van der Waals surface area contributed by atoms with Gasteiger partial charge in [0.25, 0.3) is 5.91 Å². The summed E-state index contributed by atoms with van der Waals surface area (Å²) in [4.78, 5) is 24.5. The molecule has 0 radical (unpaired) electrons. The Balaban J connectivity index is 1.99. The molecule has 1 amide bonds. The van der Waals surface area contributed by atoms with Gasteiger partial charge in [0.05, 0.1) is 10.5 Å². The van der Waals surface area contributed by atoms with Crippen molar-refractivity contribution in [3.63, 3.8) is 0 Å². The lowest BCUT2D eigenvalue weighted by Crippen LogP contribution is -2.30. The predicted octanol–water partition coefficient (Wildman–Crippen LogP) is 2.87. The number of ether oxygens (including phenoxy) is 1. The topological polar surface area (TPSA) is 102 Å². The third kappa shape index (κ3) is 5.90. The zero-order chi connectivity index (χ0) is 20.9. The molecule has 150 valence electrons. The van der Waals surface area contributed by atoms with E-state index in [1.807, 2.05) is 13.0 Å². The van der Waals surface area contributed by atoms with Gasteiger partial charge in [-0.05, 0) is 64.1 Å². The molecule has 0 aromatic heterocycles. The van der Waals surface area contributed by atoms with Crippen LogP contribution in [0.15, 0.2) is 53.4 Å². The Bertz CT molecular complexity index is 953. The van der Waals surface area contributed by atoms with E-state index >= 15 is 0 Å². The molecule has 2 N–H and O–H groups in total. The number of esters is 1. The molecular weight excluding hydrogens is 380 g/mol. The fourth-order valence-electron chi connectivity index (χ4n) is 2.39. The summed E-state index contributed by atoms with van der Waals surface area (Å²) in [5.74, 6) is -1.11. The van der Waals surface area contributed by atoms with Crippen LogP contribution in [0.2, 0.25) is 0 Å². The quantitative estimate of drug-likeness (QED) is 0.691. The molecule has 2 rings (SSSR count). The molecule has 8 heteroatoms. The van der Waals surface area contributed by atoms with E-state index in [0.29, 0.717) is 11.3 Å². The number of sulfonamides is 1. The average Bonchev–Trinajstić information content (AvgIpc) is 2.61. The minimum atomic E-state index is -3.60. The predicted molar refractivity (Wildman–Crippen MR) is 107 cm³/mol. The number of aryl methyl sites for hydroxylation is 1. The summed E-state index contributed by atoms with van der Waals surface area (Å²) in [7, 11) is -3.60. The van der Waals surface area contributed by atoms with Crippen LogP contribution in [0, 0.1) is 6.92 Å². The van der Waals surface area contributed by atoms with Gasteiger partial charge in [-0.1, -0.05) is 17.7 Å². The number of carbonyl (C=O) groups is 2. The Morgan fingerprint density at radius 3 is 2.21 bits per heavy atom. The van der Waals surface area contributed by atoms with Gasteiger partial charge in [0.2, 0.25) is 10.0 Å². The van der Waals surface area contributed by atoms with Crippen molar-refractivity contribution < 1.29 is 22.7 Å². The lowest BCUT2D eigenvalue weighted by molar-refractivity contribution is -0.123. The van der Waals surface area contributed by atoms with Crippen LogP contribution in [0.4, 0.5) is 5.69 Å². The summed E-state index contributed by atoms with van der Waals surface area (Å²) >= 11 is 0. The molecule has 0 saturated carbocycles. The molecule has 0 unspecified atom stereocenters. The average molecular weight is 404 g/mol. The molecule has 0 spiro atoms. The Morgan fingerprint density at radius 2 is 1.64 bits per heavy atom. The number of rotatable bonds is 7. The van der Waals surface area contributed by atoms with Crippen molar-refractivity contribution in [2.24, 2.45) is 0 Å². The van der Waals surface area contributed by atoms with Crippen LogP contribution in [0.3, 0.4) is 0 Å². The van der Waals surface area contributed by atoms with E-state index in [1.54, 1.807) is 32.0 Å². The number of carbonyl (C=O) groups excluding carboxylic acids is 2. The normalized spacial score (nSPS) is 12.5. The van der Waals surface area contributed by atoms with Crippen molar-refractivity contribution >= 4 is 27.6 Å². The van der Waals surface area contributed by atoms with E-state index < -0.39 is 28.0 Å². The van der Waals surface area contributed by atoms with Gasteiger partial charge in [-0.3, -0.25) is 4.79 Å². The summed E-state index contributed by atoms with van der Waals surface area (Å²) in [6, 6.07) is 12.4. The zero-order valence-corrected chi connectivity index (χ0v) is 17.0. The second-order valence-electron chi connectivity index (χ2n) is 6.71. The molecule has 0 saturated heterocycles. The summed E-state index contributed by atoms with van der Waals surface area (Å²) in [5.41, 5.74) is 1.67. The van der Waals surface area contributed by atoms with Gasteiger partial charge < -0.3 is 10.1 Å². The van der Waals surface area contributed by atoms with Crippen LogP contribution >= 0.6 is 0 Å². The number of hydrogen-bond donors (Lipinski definition) is 2. The molecule has 7 nitrogen and oxygen atoms in total. The maximum Gasteiger partial charge on any atom is 0.338 e. The lowest BCUT2D eigenvalue weighted by Gasteiger charge is -2.14. The van der Waals surface area contributed by atoms with Crippen molar-refractivity contribution in [2.45, 2.75) is 44.7 Å². The molecule has 2 aromatic rings. The second-order valence-corrected chi connectivity index (χ2v) is 8.42. The number of hydrogen-bond acceptors (Lipinski definition) is 5. The summed E-state index contributed by atoms with van der Waals surface area (Å²) in [5, 5.41) is 2.60. The number of anilines is 1. The van der Waals surface area contributed by atoms with Crippen LogP contribution in [0.1, 0.15) is 36.7 Å². The van der Waals surface area contributed by atoms with Gasteiger partial charge in [-0.15, -0.1) is 0 Å². The zero-order valence-electron chi connectivity index (χ0n) is 16.2.